The highest BCUT2D eigenvalue weighted by Gasteiger charge is 2.29. The Morgan fingerprint density at radius 1 is 0.914 bits per heavy atom. The van der Waals surface area contributed by atoms with Gasteiger partial charge in [0.1, 0.15) is 6.04 Å². The average molecular weight is 477 g/mol. The maximum atomic E-state index is 13.5. The quantitative estimate of drug-likeness (QED) is 0.443. The van der Waals surface area contributed by atoms with Gasteiger partial charge < -0.3 is 10.2 Å². The van der Waals surface area contributed by atoms with Crippen LogP contribution < -0.4 is 5.32 Å². The molecule has 1 atom stereocenters. The van der Waals surface area contributed by atoms with Gasteiger partial charge in [-0.15, -0.1) is 0 Å². The highest BCUT2D eigenvalue weighted by atomic mass is 16.2. The Morgan fingerprint density at radius 2 is 1.54 bits per heavy atom. The molecule has 0 unspecified atom stereocenters. The number of carbonyl (C=O) groups is 2. The largest absolute Gasteiger partial charge is 0.352 e. The molecule has 4 heteroatoms. The Balaban J connectivity index is 1.69. The molecule has 190 valence electrons. The molecule has 0 saturated heterocycles. The van der Waals surface area contributed by atoms with Crippen LogP contribution in [0, 0.1) is 0 Å². The van der Waals surface area contributed by atoms with Crippen molar-refractivity contribution in [1.29, 1.82) is 0 Å². The lowest BCUT2D eigenvalue weighted by Crippen LogP contribution is -2.52. The van der Waals surface area contributed by atoms with Crippen LogP contribution in [0.25, 0.3) is 0 Å². The van der Waals surface area contributed by atoms with E-state index in [0.29, 0.717) is 25.8 Å². The smallest absolute Gasteiger partial charge is 0.243 e. The minimum Gasteiger partial charge on any atom is -0.352 e. The van der Waals surface area contributed by atoms with Gasteiger partial charge in [0.25, 0.3) is 0 Å². The van der Waals surface area contributed by atoms with Crippen molar-refractivity contribution in [3.05, 3.63) is 71.3 Å². The summed E-state index contributed by atoms with van der Waals surface area (Å²) >= 11 is 0. The molecule has 0 bridgehead atoms. The fourth-order valence-electron chi connectivity index (χ4n) is 5.01. The molecule has 2 aromatic rings. The Labute approximate surface area is 212 Å². The molecule has 1 aliphatic rings. The lowest BCUT2D eigenvalue weighted by atomic mass is 9.86. The molecule has 1 saturated carbocycles. The Kier molecular flexibility index (Phi) is 9.94. The second kappa shape index (κ2) is 12.9. The van der Waals surface area contributed by atoms with Crippen molar-refractivity contribution in [3.63, 3.8) is 0 Å². The molecule has 0 heterocycles. The van der Waals surface area contributed by atoms with Crippen molar-refractivity contribution in [2.45, 2.75) is 103 Å². The lowest BCUT2D eigenvalue weighted by molar-refractivity contribution is -0.141. The summed E-state index contributed by atoms with van der Waals surface area (Å²) in [6, 6.07) is 18.7. The molecular formula is C31H44N2O2. The summed E-state index contributed by atoms with van der Waals surface area (Å²) in [6.45, 7) is 9.19. The number of nitrogens with zero attached hydrogens (tertiary/aromatic N) is 1. The van der Waals surface area contributed by atoms with E-state index < -0.39 is 6.04 Å². The van der Waals surface area contributed by atoms with E-state index in [9.17, 15) is 9.59 Å². The molecule has 0 aromatic heterocycles. The first kappa shape index (κ1) is 27.0. The van der Waals surface area contributed by atoms with E-state index in [1.807, 2.05) is 30.0 Å². The number of hydrogen-bond acceptors (Lipinski definition) is 2. The first-order valence-electron chi connectivity index (χ1n) is 13.5. The van der Waals surface area contributed by atoms with Gasteiger partial charge in [0.05, 0.1) is 0 Å². The van der Waals surface area contributed by atoms with Crippen molar-refractivity contribution in [2.24, 2.45) is 0 Å². The molecule has 2 amide bonds. The van der Waals surface area contributed by atoms with Crippen molar-refractivity contribution in [2.75, 3.05) is 6.54 Å². The van der Waals surface area contributed by atoms with E-state index in [-0.39, 0.29) is 23.3 Å². The van der Waals surface area contributed by atoms with Crippen LogP contribution in [0.15, 0.2) is 54.6 Å². The maximum Gasteiger partial charge on any atom is 0.243 e. The number of hydrogen-bond donors (Lipinski definition) is 1. The summed E-state index contributed by atoms with van der Waals surface area (Å²) in [6.07, 6.45) is 8.16. The SMILES string of the molecule is CC[C@@H](C(=O)NC1CCCCC1)N(CCc1ccccc1)C(=O)CCc1ccc(C(C)(C)C)cc1. The first-order valence-corrected chi connectivity index (χ1v) is 13.5. The van der Waals surface area contributed by atoms with Gasteiger partial charge in [0.15, 0.2) is 0 Å². The standard InChI is InChI=1S/C31H44N2O2/c1-5-28(30(35)32-27-14-10-7-11-15-27)33(23-22-24-12-8-6-9-13-24)29(34)21-18-25-16-19-26(20-17-25)31(2,3)4/h6,8-9,12-13,16-17,19-20,27-28H,5,7,10-11,14-15,18,21-23H2,1-4H3,(H,32,35)/t28-/m0/s1. The molecule has 0 aliphatic heterocycles. The number of benzene rings is 2. The number of rotatable bonds is 10. The minimum absolute atomic E-state index is 0.00958. The number of nitrogens with one attached hydrogen (secondary N) is 1. The zero-order valence-corrected chi connectivity index (χ0v) is 22.2. The van der Waals surface area contributed by atoms with E-state index in [2.05, 4.69) is 62.5 Å². The topological polar surface area (TPSA) is 49.4 Å². The van der Waals surface area contributed by atoms with Crippen LogP contribution in [0.5, 0.6) is 0 Å². The Hall–Kier alpha value is -2.62. The molecule has 1 fully saturated rings. The number of carbonyl (C=O) groups excluding carboxylic acids is 2. The summed E-state index contributed by atoms with van der Waals surface area (Å²) in [4.78, 5) is 28.6. The third-order valence-electron chi connectivity index (χ3n) is 7.27. The fourth-order valence-corrected chi connectivity index (χ4v) is 5.01. The van der Waals surface area contributed by atoms with Crippen LogP contribution >= 0.6 is 0 Å². The van der Waals surface area contributed by atoms with E-state index in [1.165, 1.54) is 30.4 Å². The molecule has 1 N–H and O–H groups in total. The van der Waals surface area contributed by atoms with E-state index in [4.69, 9.17) is 0 Å². The van der Waals surface area contributed by atoms with Gasteiger partial charge in [-0.25, -0.2) is 0 Å². The normalized spacial score (nSPS) is 15.4. The van der Waals surface area contributed by atoms with Gasteiger partial charge in [-0.3, -0.25) is 9.59 Å². The average Bonchev–Trinajstić information content (AvgIpc) is 2.86. The maximum absolute atomic E-state index is 13.5. The summed E-state index contributed by atoms with van der Waals surface area (Å²) in [5.74, 6) is 0.0711. The summed E-state index contributed by atoms with van der Waals surface area (Å²) < 4.78 is 0. The molecule has 2 aromatic carbocycles. The van der Waals surface area contributed by atoms with Crippen LogP contribution in [0.1, 0.15) is 89.3 Å². The van der Waals surface area contributed by atoms with Crippen LogP contribution in [0.4, 0.5) is 0 Å². The summed E-state index contributed by atoms with van der Waals surface area (Å²) in [7, 11) is 0. The molecule has 35 heavy (non-hydrogen) atoms. The monoisotopic (exact) mass is 476 g/mol. The predicted molar refractivity (Wildman–Crippen MR) is 144 cm³/mol. The second-order valence-electron chi connectivity index (χ2n) is 11.0. The number of amides is 2. The zero-order valence-electron chi connectivity index (χ0n) is 22.2. The highest BCUT2D eigenvalue weighted by Crippen LogP contribution is 2.23. The third-order valence-corrected chi connectivity index (χ3v) is 7.27. The van der Waals surface area contributed by atoms with Gasteiger partial charge >= 0.3 is 0 Å². The fraction of sp³-hybridized carbons (Fsp3) is 0.548. The number of aryl methyl sites for hydroxylation is 1. The highest BCUT2D eigenvalue weighted by molar-refractivity contribution is 5.88. The lowest BCUT2D eigenvalue weighted by Gasteiger charge is -2.33. The van der Waals surface area contributed by atoms with Gasteiger partial charge in [-0.05, 0) is 54.2 Å². The summed E-state index contributed by atoms with van der Waals surface area (Å²) in [5, 5.41) is 3.26. The van der Waals surface area contributed by atoms with E-state index in [1.54, 1.807) is 0 Å². The van der Waals surface area contributed by atoms with Crippen LogP contribution in [-0.4, -0.2) is 35.3 Å². The second-order valence-corrected chi connectivity index (χ2v) is 11.0. The van der Waals surface area contributed by atoms with Gasteiger partial charge in [0.2, 0.25) is 11.8 Å². The molecule has 3 rings (SSSR count). The van der Waals surface area contributed by atoms with Crippen molar-refractivity contribution in [3.8, 4) is 0 Å². The molecule has 0 radical (unpaired) electrons. The van der Waals surface area contributed by atoms with Crippen LogP contribution in [-0.2, 0) is 27.8 Å². The summed E-state index contributed by atoms with van der Waals surface area (Å²) in [5.41, 5.74) is 3.75. The minimum atomic E-state index is -0.420. The van der Waals surface area contributed by atoms with E-state index in [0.717, 1.165) is 24.8 Å². The van der Waals surface area contributed by atoms with Gasteiger partial charge in [-0.1, -0.05) is 102 Å². The molecular weight excluding hydrogens is 432 g/mol. The van der Waals surface area contributed by atoms with Crippen molar-refractivity contribution in [1.82, 2.24) is 10.2 Å². The van der Waals surface area contributed by atoms with E-state index >= 15 is 0 Å². The third kappa shape index (κ3) is 8.23. The Morgan fingerprint density at radius 3 is 2.14 bits per heavy atom. The molecule has 1 aliphatic carbocycles. The molecule has 0 spiro atoms. The van der Waals surface area contributed by atoms with Gasteiger partial charge in [0, 0.05) is 19.0 Å². The molecule has 4 nitrogen and oxygen atoms in total. The van der Waals surface area contributed by atoms with Crippen molar-refractivity contribution < 1.29 is 9.59 Å². The zero-order chi connectivity index (χ0) is 25.3. The van der Waals surface area contributed by atoms with Gasteiger partial charge in [-0.2, -0.15) is 0 Å². The van der Waals surface area contributed by atoms with Crippen LogP contribution in [0.3, 0.4) is 0 Å². The first-order chi connectivity index (χ1) is 16.8. The Bertz CT molecular complexity index is 925. The predicted octanol–water partition coefficient (Wildman–Crippen LogP) is 6.22. The van der Waals surface area contributed by atoms with Crippen LogP contribution in [0.2, 0.25) is 0 Å². The van der Waals surface area contributed by atoms with Crippen molar-refractivity contribution >= 4 is 11.8 Å².